The highest BCUT2D eigenvalue weighted by atomic mass is 33.1. The fraction of sp³-hybridized carbons (Fsp3) is 0.833. The van der Waals surface area contributed by atoms with Crippen LogP contribution in [0.15, 0.2) is 0 Å². The molecule has 0 amide bonds. The number of carbonyl (C=O) groups excluding carboxylic acids is 1. The lowest BCUT2D eigenvalue weighted by atomic mass is 10.3. The fourth-order valence-electron chi connectivity index (χ4n) is 0.463. The van der Waals surface area contributed by atoms with E-state index in [9.17, 15) is 4.79 Å². The first-order chi connectivity index (χ1) is 4.27. The van der Waals surface area contributed by atoms with Gasteiger partial charge >= 0.3 is 0 Å². The van der Waals surface area contributed by atoms with Crippen molar-refractivity contribution >= 4 is 27.4 Å². The summed E-state index contributed by atoms with van der Waals surface area (Å²) in [5.41, 5.74) is 0. The zero-order valence-corrected chi connectivity index (χ0v) is 7.48. The Hall–Kier alpha value is 0.370. The van der Waals surface area contributed by atoms with Gasteiger partial charge in [0, 0.05) is 12.2 Å². The van der Waals surface area contributed by atoms with E-state index in [4.69, 9.17) is 0 Å². The highest BCUT2D eigenvalue weighted by Crippen LogP contribution is 2.17. The minimum atomic E-state index is 0.303. The molecule has 0 radical (unpaired) electrons. The molecule has 3 heteroatoms. The van der Waals surface area contributed by atoms with Gasteiger partial charge in [0.25, 0.3) is 0 Å². The van der Waals surface area contributed by atoms with Crippen molar-refractivity contribution in [2.75, 3.05) is 12.0 Å². The summed E-state index contributed by atoms with van der Waals surface area (Å²) in [6, 6.07) is 0. The number of Topliss-reactive ketones (excluding diaryl/α,β-unsaturated/α-hetero) is 1. The molecule has 0 aliphatic heterocycles. The summed E-state index contributed by atoms with van der Waals surface area (Å²) in [5.74, 6) is 1.40. The predicted molar refractivity (Wildman–Crippen MR) is 45.9 cm³/mol. The highest BCUT2D eigenvalue weighted by Gasteiger charge is 1.91. The van der Waals surface area contributed by atoms with Crippen LogP contribution >= 0.6 is 21.6 Å². The zero-order chi connectivity index (χ0) is 7.11. The van der Waals surface area contributed by atoms with Crippen molar-refractivity contribution in [3.05, 3.63) is 0 Å². The molecule has 0 unspecified atom stereocenters. The van der Waals surface area contributed by atoms with Gasteiger partial charge in [0.2, 0.25) is 0 Å². The van der Waals surface area contributed by atoms with E-state index in [0.29, 0.717) is 5.78 Å². The third-order valence-electron chi connectivity index (χ3n) is 0.874. The van der Waals surface area contributed by atoms with E-state index in [1.165, 1.54) is 0 Å². The van der Waals surface area contributed by atoms with Gasteiger partial charge in [-0.15, -0.1) is 0 Å². The lowest BCUT2D eigenvalue weighted by molar-refractivity contribution is -0.117. The molecule has 0 aromatic rings. The van der Waals surface area contributed by atoms with E-state index in [0.717, 1.165) is 18.6 Å². The van der Waals surface area contributed by atoms with Crippen LogP contribution in [0.5, 0.6) is 0 Å². The smallest absolute Gasteiger partial charge is 0.129 e. The molecule has 0 fully saturated rings. The first-order valence-electron chi connectivity index (χ1n) is 2.92. The number of carbonyl (C=O) groups is 1. The maximum absolute atomic E-state index is 10.4. The van der Waals surface area contributed by atoms with Gasteiger partial charge in [0.1, 0.15) is 5.78 Å². The Kier molecular flexibility index (Phi) is 6.76. The van der Waals surface area contributed by atoms with Crippen molar-refractivity contribution < 1.29 is 4.79 Å². The van der Waals surface area contributed by atoms with Crippen LogP contribution in [0.25, 0.3) is 0 Å². The molecule has 0 spiro atoms. The lowest BCUT2D eigenvalue weighted by Crippen LogP contribution is -1.89. The molecule has 0 heterocycles. The van der Waals surface area contributed by atoms with E-state index in [2.05, 4.69) is 6.26 Å². The number of rotatable bonds is 5. The Labute approximate surface area is 64.4 Å². The summed E-state index contributed by atoms with van der Waals surface area (Å²) in [4.78, 5) is 10.4. The fourth-order valence-corrected chi connectivity index (χ4v) is 1.75. The summed E-state index contributed by atoms with van der Waals surface area (Å²) in [6.07, 6.45) is 3.83. The molecule has 0 aromatic carbocycles. The van der Waals surface area contributed by atoms with Gasteiger partial charge in [-0.1, -0.05) is 21.6 Å². The van der Waals surface area contributed by atoms with E-state index in [1.807, 2.05) is 10.8 Å². The van der Waals surface area contributed by atoms with E-state index in [-0.39, 0.29) is 0 Å². The van der Waals surface area contributed by atoms with Crippen LogP contribution in [0, 0.1) is 0 Å². The SMILES string of the molecule is CSSCCCC(C)=O. The molecule has 0 N–H and O–H groups in total. The normalized spacial score (nSPS) is 9.56. The predicted octanol–water partition coefficient (Wildman–Crippen LogP) is 2.37. The third kappa shape index (κ3) is 8.37. The molecule has 9 heavy (non-hydrogen) atoms. The standard InChI is InChI=1S/C6H12OS2/c1-6(7)4-3-5-9-8-2/h3-5H2,1-2H3. The van der Waals surface area contributed by atoms with Gasteiger partial charge < -0.3 is 4.79 Å². The summed E-state index contributed by atoms with van der Waals surface area (Å²) in [6.45, 7) is 1.64. The van der Waals surface area contributed by atoms with Crippen molar-refractivity contribution in [1.29, 1.82) is 0 Å². The van der Waals surface area contributed by atoms with E-state index in [1.54, 1.807) is 17.7 Å². The van der Waals surface area contributed by atoms with Crippen LogP contribution in [0.4, 0.5) is 0 Å². The lowest BCUT2D eigenvalue weighted by Gasteiger charge is -1.93. The van der Waals surface area contributed by atoms with Crippen LogP contribution in [0.2, 0.25) is 0 Å². The molecule has 54 valence electrons. The molecule has 0 atom stereocenters. The van der Waals surface area contributed by atoms with Gasteiger partial charge in [-0.25, -0.2) is 0 Å². The van der Waals surface area contributed by atoms with Crippen LogP contribution in [-0.2, 0) is 4.79 Å². The zero-order valence-electron chi connectivity index (χ0n) is 5.85. The molecule has 0 rings (SSSR count). The molecule has 1 nitrogen and oxygen atoms in total. The van der Waals surface area contributed by atoms with Gasteiger partial charge in [-0.3, -0.25) is 0 Å². The second-order valence-electron chi connectivity index (χ2n) is 1.79. The molecular formula is C6H12OS2. The maximum Gasteiger partial charge on any atom is 0.129 e. The molecule has 0 bridgehead atoms. The van der Waals surface area contributed by atoms with Crippen LogP contribution < -0.4 is 0 Å². The van der Waals surface area contributed by atoms with Crippen LogP contribution in [0.1, 0.15) is 19.8 Å². The minimum Gasteiger partial charge on any atom is -0.300 e. The summed E-state index contributed by atoms with van der Waals surface area (Å²) >= 11 is 0. The van der Waals surface area contributed by atoms with E-state index < -0.39 is 0 Å². The number of hydrogen-bond donors (Lipinski definition) is 0. The topological polar surface area (TPSA) is 17.1 Å². The van der Waals surface area contributed by atoms with Crippen molar-refractivity contribution in [2.24, 2.45) is 0 Å². The molecule has 0 saturated heterocycles. The van der Waals surface area contributed by atoms with Crippen molar-refractivity contribution in [3.8, 4) is 0 Å². The Morgan fingerprint density at radius 1 is 1.56 bits per heavy atom. The molecule has 0 aromatic heterocycles. The van der Waals surface area contributed by atoms with Crippen molar-refractivity contribution in [3.63, 3.8) is 0 Å². The third-order valence-corrected chi connectivity index (χ3v) is 2.77. The molecule has 0 saturated carbocycles. The Morgan fingerprint density at radius 3 is 2.67 bits per heavy atom. The average molecular weight is 164 g/mol. The average Bonchev–Trinajstić information content (AvgIpc) is 1.80. The minimum absolute atomic E-state index is 0.303. The molecule has 0 aliphatic rings. The van der Waals surface area contributed by atoms with Gasteiger partial charge in [-0.2, -0.15) is 0 Å². The first-order valence-corrected chi connectivity index (χ1v) is 5.65. The summed E-state index contributed by atoms with van der Waals surface area (Å²) < 4.78 is 0. The van der Waals surface area contributed by atoms with Crippen molar-refractivity contribution in [2.45, 2.75) is 19.8 Å². The number of ketones is 1. The molecular weight excluding hydrogens is 152 g/mol. The second-order valence-corrected chi connectivity index (χ2v) is 4.48. The Morgan fingerprint density at radius 2 is 2.22 bits per heavy atom. The quantitative estimate of drug-likeness (QED) is 0.458. The molecule has 0 aliphatic carbocycles. The summed E-state index contributed by atoms with van der Waals surface area (Å²) in [5, 5.41) is 0. The van der Waals surface area contributed by atoms with Crippen LogP contribution in [0.3, 0.4) is 0 Å². The summed E-state index contributed by atoms with van der Waals surface area (Å²) in [7, 11) is 3.57. The van der Waals surface area contributed by atoms with Crippen LogP contribution in [-0.4, -0.2) is 17.8 Å². The first kappa shape index (κ1) is 9.37. The van der Waals surface area contributed by atoms with E-state index >= 15 is 0 Å². The van der Waals surface area contributed by atoms with Crippen molar-refractivity contribution in [1.82, 2.24) is 0 Å². The Balaban J connectivity index is 2.83. The maximum atomic E-state index is 10.4. The monoisotopic (exact) mass is 164 g/mol. The second kappa shape index (κ2) is 6.49. The van der Waals surface area contributed by atoms with Gasteiger partial charge in [0.15, 0.2) is 0 Å². The van der Waals surface area contributed by atoms with Gasteiger partial charge in [0.05, 0.1) is 0 Å². The van der Waals surface area contributed by atoms with Gasteiger partial charge in [-0.05, 0) is 19.6 Å². The largest absolute Gasteiger partial charge is 0.300 e. The number of hydrogen-bond acceptors (Lipinski definition) is 3. The highest BCUT2D eigenvalue weighted by molar-refractivity contribution is 8.76. The Bertz CT molecular complexity index is 83.1.